The summed E-state index contributed by atoms with van der Waals surface area (Å²) in [6, 6.07) is 6.48. The van der Waals surface area contributed by atoms with Crippen molar-refractivity contribution in [3.05, 3.63) is 35.1 Å². The lowest BCUT2D eigenvalue weighted by Gasteiger charge is -2.06. The minimum atomic E-state index is -0.459. The number of hydrogen-bond acceptors (Lipinski definition) is 3. The maximum Gasteiger partial charge on any atom is 0.140 e. The van der Waals surface area contributed by atoms with Crippen LogP contribution in [-0.2, 0) is 11.3 Å². The number of halogens is 1. The Bertz CT molecular complexity index is 452. The molecule has 0 radical (unpaired) electrons. The van der Waals surface area contributed by atoms with Crippen LogP contribution in [0, 0.1) is 23.1 Å². The molecule has 1 N–H and O–H groups in total. The Morgan fingerprint density at radius 1 is 1.42 bits per heavy atom. The molecule has 4 heteroatoms. The van der Waals surface area contributed by atoms with Gasteiger partial charge in [0.2, 0.25) is 0 Å². The van der Waals surface area contributed by atoms with Gasteiger partial charge >= 0.3 is 0 Å². The van der Waals surface area contributed by atoms with Gasteiger partial charge in [-0.25, -0.2) is 4.39 Å². The van der Waals surface area contributed by atoms with Crippen LogP contribution in [-0.4, -0.2) is 19.8 Å². The minimum Gasteiger partial charge on any atom is -0.381 e. The highest BCUT2D eigenvalue weighted by Gasteiger charge is 2.20. The third-order valence-electron chi connectivity index (χ3n) is 3.17. The summed E-state index contributed by atoms with van der Waals surface area (Å²) in [5.41, 5.74) is 1.03. The quantitative estimate of drug-likeness (QED) is 0.732. The number of ether oxygens (including phenoxy) is 1. The maximum atomic E-state index is 13.1. The average molecular weight is 262 g/mol. The molecule has 1 aliphatic carbocycles. The first kappa shape index (κ1) is 14.0. The zero-order valence-corrected chi connectivity index (χ0v) is 11.0. The number of hydrogen-bond donors (Lipinski definition) is 1. The van der Waals surface area contributed by atoms with Gasteiger partial charge in [0.1, 0.15) is 11.9 Å². The first-order valence-electron chi connectivity index (χ1n) is 6.76. The first-order chi connectivity index (χ1) is 9.29. The molecule has 0 heterocycles. The summed E-state index contributed by atoms with van der Waals surface area (Å²) in [7, 11) is 0. The third-order valence-corrected chi connectivity index (χ3v) is 3.17. The summed E-state index contributed by atoms with van der Waals surface area (Å²) in [5, 5.41) is 12.0. The van der Waals surface area contributed by atoms with Gasteiger partial charge in [0.05, 0.1) is 5.56 Å². The van der Waals surface area contributed by atoms with E-state index in [0.29, 0.717) is 6.54 Å². The second kappa shape index (κ2) is 7.22. The standard InChI is InChI=1S/C15H19FN2O/c16-15-5-4-13(8-14(15)9-17)10-18-6-1-7-19-11-12-2-3-12/h4-5,8,12,18H,1-3,6-7,10-11H2. The summed E-state index contributed by atoms with van der Waals surface area (Å²) in [4.78, 5) is 0. The summed E-state index contributed by atoms with van der Waals surface area (Å²) in [5.74, 6) is 0.358. The van der Waals surface area contributed by atoms with Crippen molar-refractivity contribution in [2.75, 3.05) is 19.8 Å². The highest BCUT2D eigenvalue weighted by molar-refractivity contribution is 5.34. The fourth-order valence-corrected chi connectivity index (χ4v) is 1.83. The van der Waals surface area contributed by atoms with E-state index in [1.807, 2.05) is 6.07 Å². The van der Waals surface area contributed by atoms with E-state index in [2.05, 4.69) is 5.32 Å². The lowest BCUT2D eigenvalue weighted by molar-refractivity contribution is 0.122. The fourth-order valence-electron chi connectivity index (χ4n) is 1.83. The molecule has 1 aliphatic rings. The number of nitriles is 1. The monoisotopic (exact) mass is 262 g/mol. The van der Waals surface area contributed by atoms with Crippen molar-refractivity contribution in [3.63, 3.8) is 0 Å². The zero-order chi connectivity index (χ0) is 13.5. The molecule has 1 saturated carbocycles. The van der Waals surface area contributed by atoms with Crippen molar-refractivity contribution in [2.24, 2.45) is 5.92 Å². The molecular weight excluding hydrogens is 243 g/mol. The van der Waals surface area contributed by atoms with E-state index >= 15 is 0 Å². The molecule has 0 spiro atoms. The second-order valence-corrected chi connectivity index (χ2v) is 4.97. The second-order valence-electron chi connectivity index (χ2n) is 4.97. The van der Waals surface area contributed by atoms with Gasteiger partial charge in [0.15, 0.2) is 0 Å². The van der Waals surface area contributed by atoms with Gasteiger partial charge in [-0.15, -0.1) is 0 Å². The summed E-state index contributed by atoms with van der Waals surface area (Å²) in [6.07, 6.45) is 3.62. The van der Waals surface area contributed by atoms with Crippen LogP contribution in [0.4, 0.5) is 4.39 Å². The molecule has 0 aromatic heterocycles. The highest BCUT2D eigenvalue weighted by Crippen LogP contribution is 2.28. The molecule has 2 rings (SSSR count). The van der Waals surface area contributed by atoms with E-state index in [0.717, 1.165) is 37.7 Å². The lowest BCUT2D eigenvalue weighted by atomic mass is 10.1. The predicted molar refractivity (Wildman–Crippen MR) is 71.0 cm³/mol. The molecule has 1 aromatic carbocycles. The molecule has 102 valence electrons. The number of benzene rings is 1. The molecule has 0 unspecified atom stereocenters. The number of rotatable bonds is 8. The van der Waals surface area contributed by atoms with Crippen molar-refractivity contribution in [3.8, 4) is 6.07 Å². The Labute approximate surface area is 113 Å². The third kappa shape index (κ3) is 4.98. The Hall–Kier alpha value is -1.44. The molecule has 0 amide bonds. The maximum absolute atomic E-state index is 13.1. The Kier molecular flexibility index (Phi) is 5.31. The average Bonchev–Trinajstić information content (AvgIpc) is 3.23. The Morgan fingerprint density at radius 2 is 2.26 bits per heavy atom. The molecule has 0 bridgehead atoms. The van der Waals surface area contributed by atoms with Crippen LogP contribution in [0.15, 0.2) is 18.2 Å². The molecule has 0 atom stereocenters. The molecule has 1 fully saturated rings. The van der Waals surface area contributed by atoms with Crippen molar-refractivity contribution in [1.82, 2.24) is 5.32 Å². The van der Waals surface area contributed by atoms with Crippen molar-refractivity contribution < 1.29 is 9.13 Å². The van der Waals surface area contributed by atoms with Crippen LogP contribution < -0.4 is 5.32 Å². The zero-order valence-electron chi connectivity index (χ0n) is 11.0. The van der Waals surface area contributed by atoms with Crippen LogP contribution in [0.1, 0.15) is 30.4 Å². The van der Waals surface area contributed by atoms with E-state index in [-0.39, 0.29) is 5.56 Å². The molecule has 19 heavy (non-hydrogen) atoms. The SMILES string of the molecule is N#Cc1cc(CNCCCOCC2CC2)ccc1F. The van der Waals surface area contributed by atoms with E-state index in [1.165, 1.54) is 18.9 Å². The normalized spacial score (nSPS) is 14.3. The van der Waals surface area contributed by atoms with Crippen LogP contribution in [0.3, 0.4) is 0 Å². The van der Waals surface area contributed by atoms with Crippen LogP contribution in [0.25, 0.3) is 0 Å². The van der Waals surface area contributed by atoms with Crippen LogP contribution in [0.2, 0.25) is 0 Å². The molecule has 1 aromatic rings. The fraction of sp³-hybridized carbons (Fsp3) is 0.533. The molecule has 0 aliphatic heterocycles. The highest BCUT2D eigenvalue weighted by atomic mass is 19.1. The largest absolute Gasteiger partial charge is 0.381 e. The summed E-state index contributed by atoms with van der Waals surface area (Å²) in [6.45, 7) is 3.21. The van der Waals surface area contributed by atoms with Crippen LogP contribution >= 0.6 is 0 Å². The van der Waals surface area contributed by atoms with E-state index in [1.54, 1.807) is 12.1 Å². The Balaban J connectivity index is 1.58. The number of nitrogens with one attached hydrogen (secondary N) is 1. The summed E-state index contributed by atoms with van der Waals surface area (Å²) >= 11 is 0. The van der Waals surface area contributed by atoms with Gasteiger partial charge in [-0.05, 0) is 49.4 Å². The van der Waals surface area contributed by atoms with Crippen molar-refractivity contribution in [2.45, 2.75) is 25.8 Å². The van der Waals surface area contributed by atoms with Gasteiger partial charge in [-0.3, -0.25) is 0 Å². The van der Waals surface area contributed by atoms with Gasteiger partial charge in [-0.2, -0.15) is 5.26 Å². The summed E-state index contributed by atoms with van der Waals surface area (Å²) < 4.78 is 18.6. The molecule has 3 nitrogen and oxygen atoms in total. The Morgan fingerprint density at radius 3 is 3.00 bits per heavy atom. The first-order valence-corrected chi connectivity index (χ1v) is 6.76. The molecule has 0 saturated heterocycles. The van der Waals surface area contributed by atoms with Gasteiger partial charge < -0.3 is 10.1 Å². The smallest absolute Gasteiger partial charge is 0.140 e. The van der Waals surface area contributed by atoms with Crippen molar-refractivity contribution >= 4 is 0 Å². The lowest BCUT2D eigenvalue weighted by Crippen LogP contribution is -2.16. The topological polar surface area (TPSA) is 45.0 Å². The van der Waals surface area contributed by atoms with Crippen molar-refractivity contribution in [1.29, 1.82) is 5.26 Å². The van der Waals surface area contributed by atoms with Gasteiger partial charge in [0, 0.05) is 19.8 Å². The van der Waals surface area contributed by atoms with E-state index < -0.39 is 5.82 Å². The minimum absolute atomic E-state index is 0.104. The van der Waals surface area contributed by atoms with E-state index in [4.69, 9.17) is 10.00 Å². The van der Waals surface area contributed by atoms with Gasteiger partial charge in [0.25, 0.3) is 0 Å². The van der Waals surface area contributed by atoms with Crippen LogP contribution in [0.5, 0.6) is 0 Å². The predicted octanol–water partition coefficient (Wildman–Crippen LogP) is 2.60. The number of nitrogens with zero attached hydrogens (tertiary/aromatic N) is 1. The van der Waals surface area contributed by atoms with Gasteiger partial charge in [-0.1, -0.05) is 6.07 Å². The van der Waals surface area contributed by atoms with E-state index in [9.17, 15) is 4.39 Å². The molecular formula is C15H19FN2O.